The molecule has 6 nitrogen and oxygen atoms in total. The van der Waals surface area contributed by atoms with Gasteiger partial charge < -0.3 is 10.0 Å². The molecule has 2 unspecified atom stereocenters. The SMILES string of the molecule is CON(C)C(=O)C1CN(C(=O)O)CCC1CC(C)C. The molecule has 0 aromatic heterocycles. The van der Waals surface area contributed by atoms with Gasteiger partial charge in [0.15, 0.2) is 0 Å². The summed E-state index contributed by atoms with van der Waals surface area (Å²) in [6, 6.07) is 0. The maximum Gasteiger partial charge on any atom is 0.407 e. The number of hydroxylamine groups is 2. The molecule has 1 aliphatic rings. The van der Waals surface area contributed by atoms with Gasteiger partial charge in [0.1, 0.15) is 0 Å². The molecular formula is C13H24N2O4. The van der Waals surface area contributed by atoms with Crippen LogP contribution in [0.2, 0.25) is 0 Å². The average molecular weight is 272 g/mol. The summed E-state index contributed by atoms with van der Waals surface area (Å²) in [4.78, 5) is 29.6. The minimum Gasteiger partial charge on any atom is -0.465 e. The number of piperidine rings is 1. The Hall–Kier alpha value is -1.30. The van der Waals surface area contributed by atoms with Crippen LogP contribution < -0.4 is 0 Å². The lowest BCUT2D eigenvalue weighted by atomic mass is 9.79. The summed E-state index contributed by atoms with van der Waals surface area (Å²) in [6.45, 7) is 5.00. The van der Waals surface area contributed by atoms with Crippen LogP contribution >= 0.6 is 0 Å². The molecule has 1 aliphatic heterocycles. The van der Waals surface area contributed by atoms with Crippen molar-refractivity contribution in [1.82, 2.24) is 9.96 Å². The highest BCUT2D eigenvalue weighted by Crippen LogP contribution is 2.30. The van der Waals surface area contributed by atoms with Gasteiger partial charge in [-0.05, 0) is 24.7 Å². The van der Waals surface area contributed by atoms with Crippen LogP contribution in [0, 0.1) is 17.8 Å². The molecule has 0 radical (unpaired) electrons. The molecule has 2 amide bonds. The lowest BCUT2D eigenvalue weighted by Gasteiger charge is -2.38. The number of rotatable bonds is 4. The van der Waals surface area contributed by atoms with E-state index in [0.717, 1.165) is 12.8 Å². The maximum absolute atomic E-state index is 12.3. The molecule has 1 fully saturated rings. The molecule has 19 heavy (non-hydrogen) atoms. The van der Waals surface area contributed by atoms with Crippen molar-refractivity contribution < 1.29 is 19.5 Å². The molecule has 0 aromatic rings. The molecule has 1 N–H and O–H groups in total. The highest BCUT2D eigenvalue weighted by atomic mass is 16.7. The number of carbonyl (C=O) groups is 2. The van der Waals surface area contributed by atoms with E-state index in [1.165, 1.54) is 17.1 Å². The molecule has 2 atom stereocenters. The standard InChI is InChI=1S/C13H24N2O4/c1-9(2)7-10-5-6-15(13(17)18)8-11(10)12(16)14(3)19-4/h9-11H,5-8H2,1-4H3,(H,17,18). The second-order valence-electron chi connectivity index (χ2n) is 5.53. The van der Waals surface area contributed by atoms with Crippen molar-refractivity contribution in [2.45, 2.75) is 26.7 Å². The number of hydrogen-bond donors (Lipinski definition) is 1. The normalized spacial score (nSPS) is 23.5. The van der Waals surface area contributed by atoms with Gasteiger partial charge in [-0.3, -0.25) is 9.63 Å². The zero-order valence-electron chi connectivity index (χ0n) is 12.1. The largest absolute Gasteiger partial charge is 0.465 e. The third kappa shape index (κ3) is 4.09. The van der Waals surface area contributed by atoms with Gasteiger partial charge in [0.25, 0.3) is 5.91 Å². The minimum absolute atomic E-state index is 0.140. The first-order valence-corrected chi connectivity index (χ1v) is 6.66. The predicted octanol–water partition coefficient (Wildman–Crippen LogP) is 1.67. The van der Waals surface area contributed by atoms with Crippen LogP contribution in [0.4, 0.5) is 4.79 Å². The van der Waals surface area contributed by atoms with E-state index in [2.05, 4.69) is 13.8 Å². The molecule has 110 valence electrons. The molecule has 1 rings (SSSR count). The number of hydrogen-bond acceptors (Lipinski definition) is 3. The maximum atomic E-state index is 12.3. The molecule has 0 aliphatic carbocycles. The van der Waals surface area contributed by atoms with Crippen molar-refractivity contribution in [2.75, 3.05) is 27.2 Å². The van der Waals surface area contributed by atoms with Crippen LogP contribution in [0.25, 0.3) is 0 Å². The lowest BCUT2D eigenvalue weighted by Crippen LogP contribution is -2.49. The summed E-state index contributed by atoms with van der Waals surface area (Å²) < 4.78 is 0. The summed E-state index contributed by atoms with van der Waals surface area (Å²) in [5, 5.41) is 10.3. The third-order valence-corrected chi connectivity index (χ3v) is 3.70. The highest BCUT2D eigenvalue weighted by Gasteiger charge is 2.37. The van der Waals surface area contributed by atoms with E-state index >= 15 is 0 Å². The third-order valence-electron chi connectivity index (χ3n) is 3.70. The average Bonchev–Trinajstić information content (AvgIpc) is 2.36. The fourth-order valence-corrected chi connectivity index (χ4v) is 2.67. The Balaban J connectivity index is 2.81. The molecular weight excluding hydrogens is 248 g/mol. The van der Waals surface area contributed by atoms with Gasteiger partial charge in [0.05, 0.1) is 13.0 Å². The first kappa shape index (κ1) is 15.8. The summed E-state index contributed by atoms with van der Waals surface area (Å²) in [6.07, 6.45) is 0.709. The fraction of sp³-hybridized carbons (Fsp3) is 0.846. The second kappa shape index (κ2) is 6.75. The zero-order chi connectivity index (χ0) is 14.6. The summed E-state index contributed by atoms with van der Waals surface area (Å²) in [7, 11) is 3.00. The Labute approximate surface area is 114 Å². The van der Waals surface area contributed by atoms with Crippen LogP contribution in [0.15, 0.2) is 0 Å². The van der Waals surface area contributed by atoms with E-state index in [1.807, 2.05) is 0 Å². The summed E-state index contributed by atoms with van der Waals surface area (Å²) in [5.41, 5.74) is 0. The Morgan fingerprint density at radius 3 is 2.58 bits per heavy atom. The lowest BCUT2D eigenvalue weighted by molar-refractivity contribution is -0.177. The molecule has 0 bridgehead atoms. The number of likely N-dealkylation sites (tertiary alicyclic amines) is 1. The van der Waals surface area contributed by atoms with E-state index in [0.29, 0.717) is 12.5 Å². The summed E-state index contributed by atoms with van der Waals surface area (Å²) >= 11 is 0. The summed E-state index contributed by atoms with van der Waals surface area (Å²) in [5.74, 6) is 0.265. The monoisotopic (exact) mass is 272 g/mol. The minimum atomic E-state index is -0.958. The molecule has 0 aromatic carbocycles. The molecule has 1 heterocycles. The van der Waals surface area contributed by atoms with Crippen LogP contribution in [0.1, 0.15) is 26.7 Å². The first-order valence-electron chi connectivity index (χ1n) is 6.66. The molecule has 1 saturated heterocycles. The van der Waals surface area contributed by atoms with Crippen molar-refractivity contribution in [3.8, 4) is 0 Å². The predicted molar refractivity (Wildman–Crippen MR) is 70.4 cm³/mol. The van der Waals surface area contributed by atoms with Gasteiger partial charge in [-0.1, -0.05) is 13.8 Å². The highest BCUT2D eigenvalue weighted by molar-refractivity contribution is 5.79. The van der Waals surface area contributed by atoms with Crippen LogP contribution in [-0.2, 0) is 9.63 Å². The van der Waals surface area contributed by atoms with Crippen molar-refractivity contribution in [3.05, 3.63) is 0 Å². The quantitative estimate of drug-likeness (QED) is 0.790. The van der Waals surface area contributed by atoms with Gasteiger partial charge in [0.2, 0.25) is 0 Å². The Morgan fingerprint density at radius 2 is 2.11 bits per heavy atom. The van der Waals surface area contributed by atoms with Crippen LogP contribution in [0.5, 0.6) is 0 Å². The number of amides is 2. The van der Waals surface area contributed by atoms with E-state index in [1.54, 1.807) is 7.05 Å². The molecule has 6 heteroatoms. The van der Waals surface area contributed by atoms with Gasteiger partial charge in [-0.2, -0.15) is 0 Å². The Kier molecular flexibility index (Phi) is 5.60. The van der Waals surface area contributed by atoms with E-state index in [9.17, 15) is 9.59 Å². The van der Waals surface area contributed by atoms with E-state index in [4.69, 9.17) is 9.94 Å². The Morgan fingerprint density at radius 1 is 1.47 bits per heavy atom. The molecule has 0 spiro atoms. The Bertz CT molecular complexity index is 333. The van der Waals surface area contributed by atoms with Gasteiger partial charge in [-0.25, -0.2) is 9.86 Å². The van der Waals surface area contributed by atoms with Gasteiger partial charge in [0, 0.05) is 20.1 Å². The second-order valence-corrected chi connectivity index (χ2v) is 5.53. The smallest absolute Gasteiger partial charge is 0.407 e. The number of carbonyl (C=O) groups excluding carboxylic acids is 1. The fourth-order valence-electron chi connectivity index (χ4n) is 2.67. The van der Waals surface area contributed by atoms with E-state index in [-0.39, 0.29) is 24.3 Å². The van der Waals surface area contributed by atoms with Crippen LogP contribution in [-0.4, -0.2) is 54.3 Å². The number of carboxylic acid groups (broad SMARTS) is 1. The van der Waals surface area contributed by atoms with Crippen LogP contribution in [0.3, 0.4) is 0 Å². The van der Waals surface area contributed by atoms with Crippen molar-refractivity contribution >= 4 is 12.0 Å². The van der Waals surface area contributed by atoms with Gasteiger partial charge >= 0.3 is 6.09 Å². The van der Waals surface area contributed by atoms with Gasteiger partial charge in [-0.15, -0.1) is 0 Å². The van der Waals surface area contributed by atoms with Crippen molar-refractivity contribution in [1.29, 1.82) is 0 Å². The topological polar surface area (TPSA) is 70.1 Å². The number of nitrogens with zero attached hydrogens (tertiary/aromatic N) is 2. The molecule has 0 saturated carbocycles. The van der Waals surface area contributed by atoms with Crippen molar-refractivity contribution in [3.63, 3.8) is 0 Å². The van der Waals surface area contributed by atoms with E-state index < -0.39 is 6.09 Å². The van der Waals surface area contributed by atoms with Crippen molar-refractivity contribution in [2.24, 2.45) is 17.8 Å². The zero-order valence-corrected chi connectivity index (χ0v) is 12.1. The first-order chi connectivity index (χ1) is 8.86.